The van der Waals surface area contributed by atoms with Crippen molar-refractivity contribution in [3.05, 3.63) is 22.4 Å². The van der Waals surface area contributed by atoms with Gasteiger partial charge >= 0.3 is 0 Å². The first kappa shape index (κ1) is 15.7. The molecule has 0 bridgehead atoms. The highest BCUT2D eigenvalue weighted by atomic mass is 79.9. The van der Waals surface area contributed by atoms with Gasteiger partial charge in [-0.15, -0.1) is 0 Å². The summed E-state index contributed by atoms with van der Waals surface area (Å²) in [5.74, 6) is -0.516. The normalized spacial score (nSPS) is 24.8. The van der Waals surface area contributed by atoms with Gasteiger partial charge in [0.2, 0.25) is 10.0 Å². The quantitative estimate of drug-likeness (QED) is 0.820. The number of anilines is 1. The number of benzene rings is 1. The molecule has 2 unspecified atom stereocenters. The molecule has 0 amide bonds. The number of piperidine rings is 1. The molecule has 0 radical (unpaired) electrons. The number of rotatable bonds is 2. The van der Waals surface area contributed by atoms with Gasteiger partial charge in [-0.05, 0) is 53.7 Å². The number of nitrogens with two attached hydrogens (primary N) is 1. The Morgan fingerprint density at radius 1 is 1.35 bits per heavy atom. The van der Waals surface area contributed by atoms with E-state index in [2.05, 4.69) is 15.9 Å². The topological polar surface area (TPSA) is 63.4 Å². The van der Waals surface area contributed by atoms with E-state index in [-0.39, 0.29) is 27.0 Å². The van der Waals surface area contributed by atoms with Crippen molar-refractivity contribution in [1.82, 2.24) is 4.31 Å². The predicted octanol–water partition coefficient (Wildman–Crippen LogP) is 2.98. The number of nitrogen functional groups attached to an aromatic ring is 1. The first-order valence-corrected chi connectivity index (χ1v) is 8.73. The molecule has 1 aromatic rings. The summed E-state index contributed by atoms with van der Waals surface area (Å²) >= 11 is 3.00. The van der Waals surface area contributed by atoms with Crippen LogP contribution in [0.5, 0.6) is 0 Å². The largest absolute Gasteiger partial charge is 0.399 e. The van der Waals surface area contributed by atoms with Crippen LogP contribution in [0.2, 0.25) is 0 Å². The van der Waals surface area contributed by atoms with Gasteiger partial charge in [-0.25, -0.2) is 12.8 Å². The lowest BCUT2D eigenvalue weighted by Crippen LogP contribution is -2.45. The second kappa shape index (κ2) is 5.61. The Kier molecular flexibility index (Phi) is 4.41. The maximum atomic E-state index is 14.1. The third-order valence-corrected chi connectivity index (χ3v) is 6.22. The molecule has 1 aliphatic rings. The van der Waals surface area contributed by atoms with Crippen LogP contribution in [0.1, 0.15) is 26.7 Å². The molecule has 7 heteroatoms. The lowest BCUT2D eigenvalue weighted by Gasteiger charge is -2.35. The molecule has 1 saturated heterocycles. The van der Waals surface area contributed by atoms with Gasteiger partial charge in [0.25, 0.3) is 0 Å². The summed E-state index contributed by atoms with van der Waals surface area (Å²) in [5, 5.41) is 0. The van der Waals surface area contributed by atoms with Crippen LogP contribution in [-0.4, -0.2) is 25.3 Å². The second-order valence-corrected chi connectivity index (χ2v) is 8.13. The zero-order chi connectivity index (χ0) is 15.1. The van der Waals surface area contributed by atoms with Crippen molar-refractivity contribution in [2.45, 2.75) is 37.6 Å². The molecule has 1 fully saturated rings. The first-order chi connectivity index (χ1) is 9.23. The molecule has 0 spiro atoms. The van der Waals surface area contributed by atoms with Crippen LogP contribution >= 0.6 is 15.9 Å². The summed E-state index contributed by atoms with van der Waals surface area (Å²) < 4.78 is 40.9. The fraction of sp³-hybridized carbons (Fsp3) is 0.538. The van der Waals surface area contributed by atoms with Crippen molar-refractivity contribution in [1.29, 1.82) is 0 Å². The fourth-order valence-corrected chi connectivity index (χ4v) is 4.99. The van der Waals surface area contributed by atoms with Crippen LogP contribution in [0.4, 0.5) is 10.1 Å². The third kappa shape index (κ3) is 2.84. The van der Waals surface area contributed by atoms with E-state index in [1.54, 1.807) is 0 Å². The summed E-state index contributed by atoms with van der Waals surface area (Å²) in [4.78, 5) is -0.356. The summed E-state index contributed by atoms with van der Waals surface area (Å²) in [7, 11) is -3.87. The molecular weight excluding hydrogens is 347 g/mol. The van der Waals surface area contributed by atoms with E-state index < -0.39 is 15.8 Å². The predicted molar refractivity (Wildman–Crippen MR) is 80.3 cm³/mol. The van der Waals surface area contributed by atoms with Gasteiger partial charge in [-0.2, -0.15) is 4.31 Å². The van der Waals surface area contributed by atoms with E-state index >= 15 is 0 Å². The summed E-state index contributed by atoms with van der Waals surface area (Å²) in [6.45, 7) is 4.26. The Balaban J connectivity index is 2.50. The average Bonchev–Trinajstić information content (AvgIpc) is 2.36. The van der Waals surface area contributed by atoms with Gasteiger partial charge < -0.3 is 5.73 Å². The van der Waals surface area contributed by atoms with Gasteiger partial charge in [0.1, 0.15) is 4.90 Å². The first-order valence-electron chi connectivity index (χ1n) is 6.50. The average molecular weight is 365 g/mol. The van der Waals surface area contributed by atoms with Crippen LogP contribution in [0.15, 0.2) is 21.5 Å². The minimum absolute atomic E-state index is 0.0637. The highest BCUT2D eigenvalue weighted by Gasteiger charge is 2.35. The molecule has 1 heterocycles. The zero-order valence-electron chi connectivity index (χ0n) is 11.4. The molecule has 2 atom stereocenters. The van der Waals surface area contributed by atoms with E-state index in [4.69, 9.17) is 5.73 Å². The van der Waals surface area contributed by atoms with E-state index in [9.17, 15) is 12.8 Å². The van der Waals surface area contributed by atoms with Crippen LogP contribution < -0.4 is 5.73 Å². The molecule has 112 valence electrons. The molecule has 2 rings (SSSR count). The third-order valence-electron chi connectivity index (χ3n) is 3.66. The Morgan fingerprint density at radius 2 is 2.00 bits per heavy atom. The van der Waals surface area contributed by atoms with Gasteiger partial charge in [-0.1, -0.05) is 6.92 Å². The molecule has 4 nitrogen and oxygen atoms in total. The highest BCUT2D eigenvalue weighted by Crippen LogP contribution is 2.32. The number of halogens is 2. The molecule has 0 aliphatic carbocycles. The van der Waals surface area contributed by atoms with Gasteiger partial charge in [0.05, 0.1) is 4.47 Å². The maximum absolute atomic E-state index is 14.1. The second-order valence-electron chi connectivity index (χ2n) is 5.42. The van der Waals surface area contributed by atoms with Crippen molar-refractivity contribution < 1.29 is 12.8 Å². The summed E-state index contributed by atoms with van der Waals surface area (Å²) in [6, 6.07) is 2.41. The lowest BCUT2D eigenvalue weighted by molar-refractivity contribution is 0.217. The molecule has 0 saturated carbocycles. The molecule has 0 aromatic heterocycles. The Morgan fingerprint density at radius 3 is 2.65 bits per heavy atom. The minimum atomic E-state index is -3.87. The van der Waals surface area contributed by atoms with Crippen LogP contribution in [0.3, 0.4) is 0 Å². The lowest BCUT2D eigenvalue weighted by atomic mass is 9.97. The highest BCUT2D eigenvalue weighted by molar-refractivity contribution is 9.10. The Labute approximate surface area is 127 Å². The van der Waals surface area contributed by atoms with Gasteiger partial charge in [0, 0.05) is 18.3 Å². The molecule has 2 N–H and O–H groups in total. The summed E-state index contributed by atoms with van der Waals surface area (Å²) in [5.41, 5.74) is 5.85. The van der Waals surface area contributed by atoms with E-state index in [1.165, 1.54) is 16.4 Å². The monoisotopic (exact) mass is 364 g/mol. The number of sulfonamides is 1. The van der Waals surface area contributed by atoms with Crippen molar-refractivity contribution >= 4 is 31.6 Å². The number of hydrogen-bond donors (Lipinski definition) is 1. The molecule has 20 heavy (non-hydrogen) atoms. The maximum Gasteiger partial charge on any atom is 0.246 e. The number of hydrogen-bond acceptors (Lipinski definition) is 3. The standard InChI is InChI=1S/C13H18BrFN2O2S/c1-8-3-4-9(2)17(7-8)20(18,19)12-6-10(16)5-11(14)13(12)15/h5-6,8-9H,3-4,7,16H2,1-2H3. The Bertz CT molecular complexity index is 621. The molecule has 1 aliphatic heterocycles. The molecular formula is C13H18BrFN2O2S. The van der Waals surface area contributed by atoms with Crippen molar-refractivity contribution in [3.8, 4) is 0 Å². The van der Waals surface area contributed by atoms with E-state index in [1.807, 2.05) is 13.8 Å². The van der Waals surface area contributed by atoms with Gasteiger partial charge in [0.15, 0.2) is 5.82 Å². The van der Waals surface area contributed by atoms with Crippen molar-refractivity contribution in [2.24, 2.45) is 5.92 Å². The van der Waals surface area contributed by atoms with Crippen molar-refractivity contribution in [3.63, 3.8) is 0 Å². The minimum Gasteiger partial charge on any atom is -0.399 e. The zero-order valence-corrected chi connectivity index (χ0v) is 13.8. The van der Waals surface area contributed by atoms with Crippen LogP contribution in [0, 0.1) is 11.7 Å². The smallest absolute Gasteiger partial charge is 0.246 e. The van der Waals surface area contributed by atoms with Crippen LogP contribution in [0.25, 0.3) is 0 Å². The van der Waals surface area contributed by atoms with Crippen molar-refractivity contribution in [2.75, 3.05) is 12.3 Å². The Hall–Kier alpha value is -0.660. The fourth-order valence-electron chi connectivity index (χ4n) is 2.48. The SMILES string of the molecule is CC1CCC(C)N(S(=O)(=O)c2cc(N)cc(Br)c2F)C1. The van der Waals surface area contributed by atoms with Gasteiger partial charge in [-0.3, -0.25) is 0 Å². The number of nitrogens with zero attached hydrogens (tertiary/aromatic N) is 1. The molecule has 1 aromatic carbocycles. The van der Waals surface area contributed by atoms with Crippen LogP contribution in [-0.2, 0) is 10.0 Å². The van der Waals surface area contributed by atoms with E-state index in [0.29, 0.717) is 6.54 Å². The van der Waals surface area contributed by atoms with E-state index in [0.717, 1.165) is 12.8 Å². The summed E-state index contributed by atoms with van der Waals surface area (Å²) in [6.07, 6.45) is 1.77.